The summed E-state index contributed by atoms with van der Waals surface area (Å²) in [7, 11) is -2.94. The second-order valence-corrected chi connectivity index (χ2v) is 6.61. The lowest BCUT2D eigenvalue weighted by molar-refractivity contribution is -0.123. The average molecular weight is 234 g/mol. The van der Waals surface area contributed by atoms with Crippen LogP contribution in [-0.4, -0.2) is 37.9 Å². The third kappa shape index (κ3) is 3.46. The molecule has 1 unspecified atom stereocenters. The Morgan fingerprint density at radius 2 is 2.07 bits per heavy atom. The van der Waals surface area contributed by atoms with Crippen molar-refractivity contribution in [1.29, 1.82) is 0 Å². The Morgan fingerprint density at radius 1 is 1.47 bits per heavy atom. The van der Waals surface area contributed by atoms with Crippen LogP contribution >= 0.6 is 0 Å². The summed E-state index contributed by atoms with van der Waals surface area (Å²) in [5.41, 5.74) is 5.64. The lowest BCUT2D eigenvalue weighted by Crippen LogP contribution is -2.48. The first-order valence-corrected chi connectivity index (χ1v) is 6.90. The molecule has 1 aliphatic rings. The van der Waals surface area contributed by atoms with Gasteiger partial charge in [0.1, 0.15) is 0 Å². The standard InChI is InChI=1S/C9H18N2O3S/c1-6(2)8(10)9(12)11-7-3-4-15(13,14)5-7/h6-8H,3-5,10H2,1-2H3,(H,11,12)/t7?,8-/m1/s1. The molecule has 1 heterocycles. The van der Waals surface area contributed by atoms with E-state index in [1.807, 2.05) is 13.8 Å². The van der Waals surface area contributed by atoms with Gasteiger partial charge in [0.2, 0.25) is 5.91 Å². The van der Waals surface area contributed by atoms with Crippen molar-refractivity contribution in [3.63, 3.8) is 0 Å². The molecule has 88 valence electrons. The summed E-state index contributed by atoms with van der Waals surface area (Å²) >= 11 is 0. The predicted octanol–water partition coefficient (Wildman–Crippen LogP) is -0.727. The van der Waals surface area contributed by atoms with Gasteiger partial charge in [-0.15, -0.1) is 0 Å². The van der Waals surface area contributed by atoms with E-state index in [0.29, 0.717) is 6.42 Å². The van der Waals surface area contributed by atoms with Crippen LogP contribution in [0.5, 0.6) is 0 Å². The molecule has 0 aromatic rings. The van der Waals surface area contributed by atoms with Gasteiger partial charge in [0.15, 0.2) is 9.84 Å². The highest BCUT2D eigenvalue weighted by molar-refractivity contribution is 7.91. The number of nitrogens with two attached hydrogens (primary N) is 1. The minimum Gasteiger partial charge on any atom is -0.351 e. The molecule has 2 atom stereocenters. The Balaban J connectivity index is 2.47. The number of carbonyl (C=O) groups excluding carboxylic acids is 1. The molecular formula is C9H18N2O3S. The maximum absolute atomic E-state index is 11.5. The van der Waals surface area contributed by atoms with Gasteiger partial charge in [0.05, 0.1) is 17.5 Å². The minimum absolute atomic E-state index is 0.0452. The molecule has 1 fully saturated rings. The summed E-state index contributed by atoms with van der Waals surface area (Å²) < 4.78 is 22.3. The van der Waals surface area contributed by atoms with E-state index in [4.69, 9.17) is 5.73 Å². The average Bonchev–Trinajstić information content (AvgIpc) is 2.43. The molecule has 3 N–H and O–H groups in total. The van der Waals surface area contributed by atoms with Gasteiger partial charge in [-0.05, 0) is 12.3 Å². The Labute approximate surface area is 90.3 Å². The fourth-order valence-corrected chi connectivity index (χ4v) is 3.18. The van der Waals surface area contributed by atoms with Crippen LogP contribution in [0.15, 0.2) is 0 Å². The lowest BCUT2D eigenvalue weighted by atomic mass is 10.0. The Morgan fingerprint density at radius 3 is 2.47 bits per heavy atom. The number of nitrogens with one attached hydrogen (secondary N) is 1. The molecule has 0 aliphatic carbocycles. The molecule has 0 aromatic heterocycles. The molecular weight excluding hydrogens is 216 g/mol. The highest BCUT2D eigenvalue weighted by atomic mass is 32.2. The largest absolute Gasteiger partial charge is 0.351 e. The van der Waals surface area contributed by atoms with E-state index in [2.05, 4.69) is 5.32 Å². The maximum atomic E-state index is 11.5. The SMILES string of the molecule is CC(C)[C@@H](N)C(=O)NC1CCS(=O)(=O)C1. The number of hydrogen-bond acceptors (Lipinski definition) is 4. The third-order valence-electron chi connectivity index (χ3n) is 2.60. The molecule has 1 saturated heterocycles. The fraction of sp³-hybridized carbons (Fsp3) is 0.889. The molecule has 0 spiro atoms. The van der Waals surface area contributed by atoms with Gasteiger partial charge in [-0.1, -0.05) is 13.8 Å². The van der Waals surface area contributed by atoms with Crippen LogP contribution in [0.3, 0.4) is 0 Å². The Hall–Kier alpha value is -0.620. The molecule has 6 heteroatoms. The maximum Gasteiger partial charge on any atom is 0.237 e. The van der Waals surface area contributed by atoms with Gasteiger partial charge in [-0.25, -0.2) is 8.42 Å². The summed E-state index contributed by atoms with van der Waals surface area (Å²) in [4.78, 5) is 11.5. The molecule has 0 aromatic carbocycles. The van der Waals surface area contributed by atoms with Crippen LogP contribution in [0.1, 0.15) is 20.3 Å². The summed E-state index contributed by atoms with van der Waals surface area (Å²) in [5.74, 6) is 0.00779. The van der Waals surface area contributed by atoms with Crippen LogP contribution in [0.4, 0.5) is 0 Å². The number of rotatable bonds is 3. The highest BCUT2D eigenvalue weighted by Gasteiger charge is 2.30. The van der Waals surface area contributed by atoms with Crippen molar-refractivity contribution in [2.45, 2.75) is 32.4 Å². The fourth-order valence-electron chi connectivity index (χ4n) is 1.51. The quantitative estimate of drug-likeness (QED) is 0.674. The van der Waals surface area contributed by atoms with Crippen molar-refractivity contribution in [1.82, 2.24) is 5.32 Å². The van der Waals surface area contributed by atoms with Gasteiger partial charge in [-0.2, -0.15) is 0 Å². The van der Waals surface area contributed by atoms with Crippen molar-refractivity contribution < 1.29 is 13.2 Å². The van der Waals surface area contributed by atoms with E-state index in [1.165, 1.54) is 0 Å². The number of hydrogen-bond donors (Lipinski definition) is 2. The normalized spacial score (nSPS) is 26.5. The van der Waals surface area contributed by atoms with Gasteiger partial charge >= 0.3 is 0 Å². The van der Waals surface area contributed by atoms with E-state index in [1.54, 1.807) is 0 Å². The van der Waals surface area contributed by atoms with Crippen molar-refractivity contribution in [2.75, 3.05) is 11.5 Å². The molecule has 1 aliphatic heterocycles. The number of amides is 1. The summed E-state index contributed by atoms with van der Waals surface area (Å²) in [5, 5.41) is 2.67. The third-order valence-corrected chi connectivity index (χ3v) is 4.37. The van der Waals surface area contributed by atoms with Crippen LogP contribution in [0, 0.1) is 5.92 Å². The van der Waals surface area contributed by atoms with E-state index in [-0.39, 0.29) is 29.4 Å². The van der Waals surface area contributed by atoms with Gasteiger partial charge in [0.25, 0.3) is 0 Å². The zero-order chi connectivity index (χ0) is 11.6. The zero-order valence-corrected chi connectivity index (χ0v) is 9.88. The lowest BCUT2D eigenvalue weighted by Gasteiger charge is -2.18. The van der Waals surface area contributed by atoms with Crippen LogP contribution in [0.25, 0.3) is 0 Å². The molecule has 0 radical (unpaired) electrons. The van der Waals surface area contributed by atoms with Gasteiger partial charge in [0, 0.05) is 6.04 Å². The summed E-state index contributed by atoms with van der Waals surface area (Å²) in [6, 6.07) is -0.819. The summed E-state index contributed by atoms with van der Waals surface area (Å²) in [6.07, 6.45) is 0.499. The zero-order valence-electron chi connectivity index (χ0n) is 9.06. The first-order chi connectivity index (χ1) is 6.82. The number of carbonyl (C=O) groups is 1. The van der Waals surface area contributed by atoms with Crippen LogP contribution in [-0.2, 0) is 14.6 Å². The van der Waals surface area contributed by atoms with Crippen molar-refractivity contribution in [2.24, 2.45) is 11.7 Å². The van der Waals surface area contributed by atoms with Gasteiger partial charge < -0.3 is 11.1 Å². The van der Waals surface area contributed by atoms with E-state index >= 15 is 0 Å². The van der Waals surface area contributed by atoms with Crippen LogP contribution < -0.4 is 11.1 Å². The van der Waals surface area contributed by atoms with E-state index < -0.39 is 15.9 Å². The van der Waals surface area contributed by atoms with E-state index in [0.717, 1.165) is 0 Å². The van der Waals surface area contributed by atoms with E-state index in [9.17, 15) is 13.2 Å². The van der Waals surface area contributed by atoms with Crippen molar-refractivity contribution in [3.8, 4) is 0 Å². The number of sulfone groups is 1. The van der Waals surface area contributed by atoms with Crippen molar-refractivity contribution >= 4 is 15.7 Å². The topological polar surface area (TPSA) is 89.3 Å². The minimum atomic E-state index is -2.94. The monoisotopic (exact) mass is 234 g/mol. The highest BCUT2D eigenvalue weighted by Crippen LogP contribution is 2.11. The Kier molecular flexibility index (Phi) is 3.72. The first kappa shape index (κ1) is 12.4. The molecule has 1 rings (SSSR count). The Bertz CT molecular complexity index is 337. The second-order valence-electron chi connectivity index (χ2n) is 4.38. The van der Waals surface area contributed by atoms with Gasteiger partial charge in [-0.3, -0.25) is 4.79 Å². The van der Waals surface area contributed by atoms with Crippen LogP contribution in [0.2, 0.25) is 0 Å². The molecule has 5 nitrogen and oxygen atoms in total. The predicted molar refractivity (Wildman–Crippen MR) is 58.0 cm³/mol. The first-order valence-electron chi connectivity index (χ1n) is 5.08. The summed E-state index contributed by atoms with van der Waals surface area (Å²) in [6.45, 7) is 3.71. The molecule has 1 amide bonds. The molecule has 15 heavy (non-hydrogen) atoms. The second kappa shape index (κ2) is 4.49. The molecule has 0 bridgehead atoms. The smallest absolute Gasteiger partial charge is 0.237 e. The molecule has 0 saturated carbocycles. The van der Waals surface area contributed by atoms with Crippen molar-refractivity contribution in [3.05, 3.63) is 0 Å².